The Morgan fingerprint density at radius 1 is 0.489 bits per heavy atom. The van der Waals surface area contributed by atoms with E-state index < -0.39 is 0 Å². The fraction of sp³-hybridized carbons (Fsp3) is 0.182. The summed E-state index contributed by atoms with van der Waals surface area (Å²) in [5.74, 6) is 1.78. The van der Waals surface area contributed by atoms with Crippen LogP contribution in [0.15, 0.2) is 121 Å². The molecule has 0 radical (unpaired) electrons. The van der Waals surface area contributed by atoms with Crippen LogP contribution in [0.3, 0.4) is 0 Å². The summed E-state index contributed by atoms with van der Waals surface area (Å²) in [4.78, 5) is 0. The molecule has 6 aromatic carbocycles. The number of hydrogen-bond acceptors (Lipinski definition) is 1. The first-order valence-electron chi connectivity index (χ1n) is 16.6. The van der Waals surface area contributed by atoms with Crippen molar-refractivity contribution >= 4 is 43.6 Å². The largest absolute Gasteiger partial charge is 0.452 e. The summed E-state index contributed by atoms with van der Waals surface area (Å²) in [5.41, 5.74) is 12.1. The summed E-state index contributed by atoms with van der Waals surface area (Å²) >= 11 is 0. The molecule has 0 amide bonds. The molecule has 2 aromatic heterocycles. The van der Waals surface area contributed by atoms with Gasteiger partial charge in [0.1, 0.15) is 0 Å². The average molecular weight is 611 g/mol. The number of rotatable bonds is 2. The third kappa shape index (κ3) is 4.12. The third-order valence-corrected chi connectivity index (χ3v) is 10.0. The maximum atomic E-state index is 6.73. The number of nitrogens with zero attached hydrogens (tertiary/aromatic N) is 2. The normalized spacial score (nSPS) is 13.1. The fourth-order valence-corrected chi connectivity index (χ4v) is 7.47. The number of hydrogen-bond donors (Lipinski definition) is 0. The number of fused-ring (bicyclic) bond motifs is 8. The minimum Gasteiger partial charge on any atom is -0.452 e. The SMILES string of the molecule is CC(C)(C)c1ccc2c(c1)c1cc(C(C)(C)C)ccc1n2-c1ccc(-c2ccc3c4ccccc4n4c3c2Oc2ccccc2-4)cc1. The summed E-state index contributed by atoms with van der Waals surface area (Å²) in [6.45, 7) is 13.7. The first-order valence-corrected chi connectivity index (χ1v) is 16.6. The van der Waals surface area contributed by atoms with Crippen molar-refractivity contribution in [2.75, 3.05) is 0 Å². The van der Waals surface area contributed by atoms with E-state index in [4.69, 9.17) is 4.74 Å². The predicted molar refractivity (Wildman–Crippen MR) is 198 cm³/mol. The Morgan fingerprint density at radius 2 is 1.09 bits per heavy atom. The van der Waals surface area contributed by atoms with Gasteiger partial charge in [-0.1, -0.05) is 102 Å². The summed E-state index contributed by atoms with van der Waals surface area (Å²) in [6.07, 6.45) is 0. The lowest BCUT2D eigenvalue weighted by atomic mass is 9.85. The molecule has 3 heteroatoms. The van der Waals surface area contributed by atoms with Gasteiger partial charge in [0.15, 0.2) is 11.5 Å². The minimum absolute atomic E-state index is 0.0710. The standard InChI is InChI=1S/C44H38N2O/c1-43(2,3)28-17-23-37-34(25-28)35-26-29(44(4,5)6)18-24-38(35)45(37)30-19-15-27(16-20-30)31-21-22-33-32-11-7-8-12-36(32)46-39-13-9-10-14-40(39)47-42(31)41(33)46/h7-26H,1-6H3. The van der Waals surface area contributed by atoms with Crippen LogP contribution in [0.4, 0.5) is 0 Å². The van der Waals surface area contributed by atoms with Gasteiger partial charge in [0.05, 0.1) is 27.8 Å². The highest BCUT2D eigenvalue weighted by atomic mass is 16.5. The number of ether oxygens (including phenoxy) is 1. The zero-order chi connectivity index (χ0) is 32.2. The number of aromatic nitrogens is 2. The van der Waals surface area contributed by atoms with Gasteiger partial charge in [-0.2, -0.15) is 0 Å². The van der Waals surface area contributed by atoms with E-state index in [2.05, 4.69) is 166 Å². The van der Waals surface area contributed by atoms with Crippen LogP contribution in [0.5, 0.6) is 11.5 Å². The van der Waals surface area contributed by atoms with Crippen molar-refractivity contribution < 1.29 is 4.74 Å². The van der Waals surface area contributed by atoms with Crippen LogP contribution in [-0.2, 0) is 10.8 Å². The molecule has 0 saturated carbocycles. The molecule has 0 spiro atoms. The Bertz CT molecular complexity index is 2480. The van der Waals surface area contributed by atoms with Crippen molar-refractivity contribution in [2.45, 2.75) is 52.4 Å². The van der Waals surface area contributed by atoms with Gasteiger partial charge in [-0.15, -0.1) is 0 Å². The molecule has 3 heterocycles. The van der Waals surface area contributed by atoms with Crippen LogP contribution >= 0.6 is 0 Å². The molecule has 47 heavy (non-hydrogen) atoms. The van der Waals surface area contributed by atoms with Gasteiger partial charge >= 0.3 is 0 Å². The lowest BCUT2D eigenvalue weighted by molar-refractivity contribution is 0.478. The van der Waals surface area contributed by atoms with Crippen molar-refractivity contribution in [3.8, 4) is 34.0 Å². The van der Waals surface area contributed by atoms with E-state index in [0.717, 1.165) is 39.5 Å². The predicted octanol–water partition coefficient (Wildman–Crippen LogP) is 12.2. The van der Waals surface area contributed by atoms with Crippen molar-refractivity contribution in [1.82, 2.24) is 9.13 Å². The van der Waals surface area contributed by atoms with Crippen molar-refractivity contribution in [1.29, 1.82) is 0 Å². The highest BCUT2D eigenvalue weighted by Gasteiger charge is 2.26. The zero-order valence-electron chi connectivity index (χ0n) is 27.8. The molecular formula is C44H38N2O. The van der Waals surface area contributed by atoms with Gasteiger partial charge in [-0.05, 0) is 88.2 Å². The molecule has 0 atom stereocenters. The molecule has 0 saturated heterocycles. The van der Waals surface area contributed by atoms with E-state index in [0.29, 0.717) is 0 Å². The molecule has 0 unspecified atom stereocenters. The van der Waals surface area contributed by atoms with E-state index in [1.54, 1.807) is 0 Å². The second kappa shape index (κ2) is 9.62. The molecule has 0 N–H and O–H groups in total. The topological polar surface area (TPSA) is 19.1 Å². The van der Waals surface area contributed by atoms with E-state index in [9.17, 15) is 0 Å². The van der Waals surface area contributed by atoms with Crippen LogP contribution in [0.1, 0.15) is 52.7 Å². The van der Waals surface area contributed by atoms with Crippen LogP contribution in [0.25, 0.3) is 66.1 Å². The van der Waals surface area contributed by atoms with E-state index in [-0.39, 0.29) is 10.8 Å². The first-order chi connectivity index (χ1) is 22.6. The van der Waals surface area contributed by atoms with E-state index >= 15 is 0 Å². The summed E-state index contributed by atoms with van der Waals surface area (Å²) < 4.78 is 11.5. The Balaban J connectivity index is 1.23. The van der Waals surface area contributed by atoms with Crippen LogP contribution in [0.2, 0.25) is 0 Å². The van der Waals surface area contributed by atoms with Crippen LogP contribution in [-0.4, -0.2) is 9.13 Å². The molecule has 1 aliphatic heterocycles. The number of para-hydroxylation sites is 3. The number of benzene rings is 6. The molecule has 0 aliphatic carbocycles. The second-order valence-corrected chi connectivity index (χ2v) is 15.1. The third-order valence-electron chi connectivity index (χ3n) is 10.0. The van der Waals surface area contributed by atoms with Crippen molar-refractivity contribution in [3.63, 3.8) is 0 Å². The van der Waals surface area contributed by atoms with Gasteiger partial charge in [-0.3, -0.25) is 0 Å². The highest BCUT2D eigenvalue weighted by Crippen LogP contribution is 2.49. The van der Waals surface area contributed by atoms with Crippen molar-refractivity contribution in [2.24, 2.45) is 0 Å². The van der Waals surface area contributed by atoms with Crippen LogP contribution < -0.4 is 4.74 Å². The maximum Gasteiger partial charge on any atom is 0.160 e. The Kier molecular flexibility index (Phi) is 5.73. The van der Waals surface area contributed by atoms with E-state index in [1.807, 2.05) is 6.07 Å². The molecule has 0 bridgehead atoms. The minimum atomic E-state index is 0.0710. The summed E-state index contributed by atoms with van der Waals surface area (Å²) in [7, 11) is 0. The Labute approximate surface area is 275 Å². The van der Waals surface area contributed by atoms with Crippen molar-refractivity contribution in [3.05, 3.63) is 132 Å². The van der Waals surface area contributed by atoms with E-state index in [1.165, 1.54) is 49.2 Å². The molecule has 0 fully saturated rings. The fourth-order valence-electron chi connectivity index (χ4n) is 7.47. The Hall–Kier alpha value is -5.28. The molecule has 3 nitrogen and oxygen atoms in total. The zero-order valence-corrected chi connectivity index (χ0v) is 27.8. The molecular weight excluding hydrogens is 572 g/mol. The van der Waals surface area contributed by atoms with Gasteiger partial charge in [0, 0.05) is 32.8 Å². The Morgan fingerprint density at radius 3 is 1.74 bits per heavy atom. The van der Waals surface area contributed by atoms with Gasteiger partial charge < -0.3 is 13.9 Å². The second-order valence-electron chi connectivity index (χ2n) is 15.1. The molecule has 8 aromatic rings. The maximum absolute atomic E-state index is 6.73. The van der Waals surface area contributed by atoms with Gasteiger partial charge in [0.25, 0.3) is 0 Å². The molecule has 9 rings (SSSR count). The average Bonchev–Trinajstić information content (AvgIpc) is 3.58. The summed E-state index contributed by atoms with van der Waals surface area (Å²) in [6, 6.07) is 44.5. The lowest BCUT2D eigenvalue weighted by Crippen LogP contribution is -2.10. The van der Waals surface area contributed by atoms with Gasteiger partial charge in [0.2, 0.25) is 0 Å². The summed E-state index contributed by atoms with van der Waals surface area (Å²) in [5, 5.41) is 5.05. The smallest absolute Gasteiger partial charge is 0.160 e. The van der Waals surface area contributed by atoms with Gasteiger partial charge in [-0.25, -0.2) is 0 Å². The lowest BCUT2D eigenvalue weighted by Gasteiger charge is -2.23. The first kappa shape index (κ1) is 28.0. The molecule has 1 aliphatic rings. The monoisotopic (exact) mass is 610 g/mol. The quantitative estimate of drug-likeness (QED) is 0.191. The van der Waals surface area contributed by atoms with Crippen LogP contribution in [0, 0.1) is 0 Å². The highest BCUT2D eigenvalue weighted by molar-refractivity contribution is 6.14. The molecule has 230 valence electrons.